The zero-order valence-corrected chi connectivity index (χ0v) is 17.7. The van der Waals surface area contributed by atoms with E-state index in [2.05, 4.69) is 0 Å². The van der Waals surface area contributed by atoms with Gasteiger partial charge in [-0.3, -0.25) is 9.59 Å². The molecule has 2 aromatic carbocycles. The topological polar surface area (TPSA) is 46.6 Å². The van der Waals surface area contributed by atoms with Gasteiger partial charge in [0.05, 0.1) is 28.1 Å². The number of hydrogen-bond donors (Lipinski definition) is 0. The van der Waals surface area contributed by atoms with Crippen LogP contribution in [0, 0.1) is 11.7 Å². The first-order valence-corrected chi connectivity index (χ1v) is 10.3. The van der Waals surface area contributed by atoms with Crippen LogP contribution in [-0.4, -0.2) is 36.3 Å². The second kappa shape index (κ2) is 9.79. The van der Waals surface area contributed by atoms with Crippen LogP contribution < -0.4 is 4.74 Å². The lowest BCUT2D eigenvalue weighted by atomic mass is 9.89. The van der Waals surface area contributed by atoms with E-state index >= 15 is 0 Å². The molecule has 0 aromatic heterocycles. The lowest BCUT2D eigenvalue weighted by Gasteiger charge is -2.31. The lowest BCUT2D eigenvalue weighted by molar-refractivity contribution is -0.132. The smallest absolute Gasteiger partial charge is 0.225 e. The molecular formula is C21H19Cl3FNO3. The third-order valence-corrected chi connectivity index (χ3v) is 5.92. The number of likely N-dealkylation sites (tertiary alicyclic amines) is 1. The molecule has 0 bridgehead atoms. The first-order chi connectivity index (χ1) is 13.8. The van der Waals surface area contributed by atoms with Gasteiger partial charge in [-0.2, -0.15) is 0 Å². The number of ketones is 1. The summed E-state index contributed by atoms with van der Waals surface area (Å²) in [7, 11) is 0. The summed E-state index contributed by atoms with van der Waals surface area (Å²) in [4.78, 5) is 26.8. The van der Waals surface area contributed by atoms with Crippen LogP contribution in [0.3, 0.4) is 0 Å². The largest absolute Gasteiger partial charge is 0.491 e. The summed E-state index contributed by atoms with van der Waals surface area (Å²) >= 11 is 17.8. The molecule has 4 nitrogen and oxygen atoms in total. The second-order valence-corrected chi connectivity index (χ2v) is 8.04. The number of ether oxygens (including phenoxy) is 1. The van der Waals surface area contributed by atoms with Gasteiger partial charge in [-0.25, -0.2) is 4.39 Å². The predicted molar refractivity (Wildman–Crippen MR) is 112 cm³/mol. The molecule has 0 saturated carbocycles. The number of Topliss-reactive ketones (excluding diaryl/α,β-unsaturated/α-hetero) is 1. The minimum atomic E-state index is -0.447. The Labute approximate surface area is 183 Å². The highest BCUT2D eigenvalue weighted by Gasteiger charge is 2.28. The van der Waals surface area contributed by atoms with Crippen molar-refractivity contribution in [2.75, 3.05) is 19.7 Å². The fraction of sp³-hybridized carbons (Fsp3) is 0.333. The molecule has 0 radical (unpaired) electrons. The summed E-state index contributed by atoms with van der Waals surface area (Å²) in [6, 6.07) is 8.71. The molecular weight excluding hydrogens is 440 g/mol. The molecule has 1 amide bonds. The normalized spacial score (nSPS) is 14.7. The molecule has 1 aliphatic rings. The molecule has 0 atom stereocenters. The van der Waals surface area contributed by atoms with E-state index in [4.69, 9.17) is 39.5 Å². The van der Waals surface area contributed by atoms with E-state index in [1.807, 2.05) is 0 Å². The molecule has 3 rings (SSSR count). The fourth-order valence-corrected chi connectivity index (χ4v) is 3.79. The van der Waals surface area contributed by atoms with Crippen molar-refractivity contribution >= 4 is 46.5 Å². The Morgan fingerprint density at radius 3 is 2.38 bits per heavy atom. The van der Waals surface area contributed by atoms with Crippen LogP contribution in [-0.2, 0) is 4.79 Å². The Morgan fingerprint density at radius 2 is 1.72 bits per heavy atom. The van der Waals surface area contributed by atoms with E-state index in [1.54, 1.807) is 23.1 Å². The minimum Gasteiger partial charge on any atom is -0.491 e. The van der Waals surface area contributed by atoms with Gasteiger partial charge in [-0.1, -0.05) is 34.8 Å². The average Bonchev–Trinajstić information content (AvgIpc) is 2.71. The molecule has 1 fully saturated rings. The molecule has 1 saturated heterocycles. The van der Waals surface area contributed by atoms with E-state index in [0.717, 1.165) is 6.07 Å². The van der Waals surface area contributed by atoms with Gasteiger partial charge >= 0.3 is 0 Å². The van der Waals surface area contributed by atoms with Crippen LogP contribution in [0.1, 0.15) is 29.6 Å². The third-order valence-electron chi connectivity index (χ3n) is 4.89. The minimum absolute atomic E-state index is 0.0185. The first kappa shape index (κ1) is 21.9. The predicted octanol–water partition coefficient (Wildman–Crippen LogP) is 5.68. The molecule has 8 heteroatoms. The molecule has 0 spiro atoms. The molecule has 29 heavy (non-hydrogen) atoms. The summed E-state index contributed by atoms with van der Waals surface area (Å²) in [5, 5.41) is 0.929. The number of halogens is 4. The Balaban J connectivity index is 1.46. The number of amides is 1. The van der Waals surface area contributed by atoms with Gasteiger partial charge in [0.25, 0.3) is 0 Å². The number of carbonyl (C=O) groups is 2. The number of carbonyl (C=O) groups excluding carboxylic acids is 2. The van der Waals surface area contributed by atoms with Crippen LogP contribution in [0.2, 0.25) is 15.1 Å². The van der Waals surface area contributed by atoms with Crippen LogP contribution in [0.25, 0.3) is 0 Å². The molecule has 154 valence electrons. The molecule has 0 N–H and O–H groups in total. The van der Waals surface area contributed by atoms with Gasteiger partial charge < -0.3 is 9.64 Å². The second-order valence-electron chi connectivity index (χ2n) is 6.82. The van der Waals surface area contributed by atoms with Crippen LogP contribution in [0.5, 0.6) is 5.75 Å². The maximum atomic E-state index is 13.0. The van der Waals surface area contributed by atoms with Gasteiger partial charge in [-0.15, -0.1) is 0 Å². The van der Waals surface area contributed by atoms with E-state index in [-0.39, 0.29) is 35.7 Å². The number of piperidine rings is 1. The molecule has 2 aromatic rings. The van der Waals surface area contributed by atoms with Crippen LogP contribution >= 0.6 is 34.8 Å². The lowest BCUT2D eigenvalue weighted by Crippen LogP contribution is -2.40. The van der Waals surface area contributed by atoms with Crippen molar-refractivity contribution in [2.24, 2.45) is 5.92 Å². The zero-order valence-electron chi connectivity index (χ0n) is 15.5. The highest BCUT2D eigenvalue weighted by atomic mass is 35.5. The first-order valence-electron chi connectivity index (χ1n) is 9.20. The number of benzene rings is 2. The van der Waals surface area contributed by atoms with Crippen molar-refractivity contribution in [1.29, 1.82) is 0 Å². The van der Waals surface area contributed by atoms with E-state index < -0.39 is 5.82 Å². The number of nitrogens with zero attached hydrogens (tertiary/aromatic N) is 1. The highest BCUT2D eigenvalue weighted by Crippen LogP contribution is 2.28. The number of hydrogen-bond acceptors (Lipinski definition) is 3. The van der Waals surface area contributed by atoms with Crippen molar-refractivity contribution in [1.82, 2.24) is 4.90 Å². The van der Waals surface area contributed by atoms with Gasteiger partial charge in [0, 0.05) is 24.6 Å². The van der Waals surface area contributed by atoms with Gasteiger partial charge in [0.15, 0.2) is 5.78 Å². The SMILES string of the molecule is O=C(c1ccc(Cl)c(Cl)c1)C1CCN(C(=O)CCOc2ccc(F)cc2Cl)CC1. The average molecular weight is 459 g/mol. The van der Waals surface area contributed by atoms with Gasteiger partial charge in [0.2, 0.25) is 5.91 Å². The highest BCUT2D eigenvalue weighted by molar-refractivity contribution is 6.42. The quantitative estimate of drug-likeness (QED) is 0.524. The maximum absolute atomic E-state index is 13.0. The Bertz CT molecular complexity index is 914. The fourth-order valence-electron chi connectivity index (χ4n) is 3.27. The Morgan fingerprint density at radius 1 is 1.00 bits per heavy atom. The third kappa shape index (κ3) is 5.62. The molecule has 1 heterocycles. The van der Waals surface area contributed by atoms with E-state index in [0.29, 0.717) is 47.3 Å². The molecule has 0 unspecified atom stereocenters. The summed E-state index contributed by atoms with van der Waals surface area (Å²) in [6.45, 7) is 1.16. The molecule has 1 aliphatic heterocycles. The van der Waals surface area contributed by atoms with Crippen molar-refractivity contribution in [3.63, 3.8) is 0 Å². The monoisotopic (exact) mass is 457 g/mol. The van der Waals surface area contributed by atoms with Gasteiger partial charge in [-0.05, 0) is 49.2 Å². The summed E-state index contributed by atoms with van der Waals surface area (Å²) in [6.07, 6.45) is 1.37. The Kier molecular flexibility index (Phi) is 7.38. The van der Waals surface area contributed by atoms with Crippen molar-refractivity contribution < 1.29 is 18.7 Å². The summed E-state index contributed by atoms with van der Waals surface area (Å²) in [5.74, 6) is -0.289. The van der Waals surface area contributed by atoms with Crippen LogP contribution in [0.4, 0.5) is 4.39 Å². The van der Waals surface area contributed by atoms with Gasteiger partial charge in [0.1, 0.15) is 11.6 Å². The zero-order chi connectivity index (χ0) is 21.0. The maximum Gasteiger partial charge on any atom is 0.225 e. The van der Waals surface area contributed by atoms with Crippen LogP contribution in [0.15, 0.2) is 36.4 Å². The van der Waals surface area contributed by atoms with Crippen molar-refractivity contribution in [3.05, 3.63) is 62.8 Å². The molecule has 0 aliphatic carbocycles. The van der Waals surface area contributed by atoms with E-state index in [9.17, 15) is 14.0 Å². The standard InChI is InChI=1S/C21H19Cl3FNO3/c22-16-3-1-14(11-17(16)23)21(28)13-5-8-26(9-6-13)20(27)7-10-29-19-4-2-15(25)12-18(19)24/h1-4,11-13H,5-10H2. The summed E-state index contributed by atoms with van der Waals surface area (Å²) in [5.41, 5.74) is 0.536. The summed E-state index contributed by atoms with van der Waals surface area (Å²) < 4.78 is 18.5. The van der Waals surface area contributed by atoms with Crippen molar-refractivity contribution in [3.8, 4) is 5.75 Å². The van der Waals surface area contributed by atoms with E-state index in [1.165, 1.54) is 12.1 Å². The van der Waals surface area contributed by atoms with Crippen molar-refractivity contribution in [2.45, 2.75) is 19.3 Å². The Hall–Kier alpha value is -1.82. The number of rotatable bonds is 6.